The number of benzene rings is 2. The van der Waals surface area contributed by atoms with Gasteiger partial charge in [0.15, 0.2) is 0 Å². The van der Waals surface area contributed by atoms with Gasteiger partial charge in [-0.05, 0) is 49.2 Å². The molecule has 154 valence electrons. The van der Waals surface area contributed by atoms with E-state index in [4.69, 9.17) is 0 Å². The minimum Gasteiger partial charge on any atom is -0.375 e. The fourth-order valence-electron chi connectivity index (χ4n) is 3.23. The predicted molar refractivity (Wildman–Crippen MR) is 114 cm³/mol. The van der Waals surface area contributed by atoms with Crippen LogP contribution in [0.5, 0.6) is 0 Å². The summed E-state index contributed by atoms with van der Waals surface area (Å²) in [5.41, 5.74) is 2.94. The van der Waals surface area contributed by atoms with Crippen molar-refractivity contribution >= 4 is 17.3 Å². The molecule has 2 aromatic rings. The molecular formula is C22H28N4O3. The van der Waals surface area contributed by atoms with E-state index in [1.807, 2.05) is 18.2 Å². The Kier molecular flexibility index (Phi) is 6.82. The summed E-state index contributed by atoms with van der Waals surface area (Å²) in [7, 11) is 0. The lowest BCUT2D eigenvalue weighted by Crippen LogP contribution is -2.25. The first kappa shape index (κ1) is 20.8. The van der Waals surface area contributed by atoms with Gasteiger partial charge >= 0.3 is 0 Å². The number of amides is 1. The molecule has 1 fully saturated rings. The van der Waals surface area contributed by atoms with E-state index in [2.05, 4.69) is 35.4 Å². The van der Waals surface area contributed by atoms with Crippen molar-refractivity contribution in [3.05, 3.63) is 69.3 Å². The van der Waals surface area contributed by atoms with Crippen LogP contribution >= 0.6 is 0 Å². The van der Waals surface area contributed by atoms with E-state index in [1.54, 1.807) is 12.1 Å². The quantitative estimate of drug-likeness (QED) is 0.469. The highest BCUT2D eigenvalue weighted by molar-refractivity contribution is 5.96. The van der Waals surface area contributed by atoms with Gasteiger partial charge in [-0.1, -0.05) is 38.1 Å². The van der Waals surface area contributed by atoms with E-state index in [-0.39, 0.29) is 17.6 Å². The number of anilines is 1. The number of carbonyl (C=O) groups excluding carboxylic acids is 1. The maximum atomic E-state index is 12.2. The van der Waals surface area contributed by atoms with Crippen LogP contribution < -0.4 is 10.6 Å². The van der Waals surface area contributed by atoms with Gasteiger partial charge < -0.3 is 10.6 Å². The Balaban J connectivity index is 1.75. The topological polar surface area (TPSA) is 87.5 Å². The van der Waals surface area contributed by atoms with Crippen molar-refractivity contribution in [3.63, 3.8) is 0 Å². The molecule has 1 saturated carbocycles. The van der Waals surface area contributed by atoms with Crippen molar-refractivity contribution < 1.29 is 9.72 Å². The number of nitrogens with zero attached hydrogens (tertiary/aromatic N) is 2. The second kappa shape index (κ2) is 9.52. The van der Waals surface area contributed by atoms with Gasteiger partial charge in [0.1, 0.15) is 5.69 Å². The Bertz CT molecular complexity index is 876. The third kappa shape index (κ3) is 5.54. The van der Waals surface area contributed by atoms with Crippen molar-refractivity contribution in [1.82, 2.24) is 10.2 Å². The van der Waals surface area contributed by atoms with Crippen LogP contribution in [0.3, 0.4) is 0 Å². The average Bonchev–Trinajstić information content (AvgIpc) is 3.54. The molecule has 3 rings (SSSR count). The minimum atomic E-state index is -0.446. The smallest absolute Gasteiger partial charge is 0.293 e. The summed E-state index contributed by atoms with van der Waals surface area (Å²) in [5.74, 6) is -0.258. The van der Waals surface area contributed by atoms with Gasteiger partial charge in [0.2, 0.25) is 0 Å². The SMILES string of the molecule is CCN(CC)Cc1ccccc1CNc1ccc(C(=O)NC2CC2)cc1[N+](=O)[O-]. The van der Waals surface area contributed by atoms with Gasteiger partial charge in [-0.3, -0.25) is 19.8 Å². The Morgan fingerprint density at radius 3 is 2.45 bits per heavy atom. The summed E-state index contributed by atoms with van der Waals surface area (Å²) in [6.07, 6.45) is 1.95. The summed E-state index contributed by atoms with van der Waals surface area (Å²) in [6, 6.07) is 12.9. The summed E-state index contributed by atoms with van der Waals surface area (Å²) < 4.78 is 0. The first-order chi connectivity index (χ1) is 14.0. The number of nitro groups is 1. The lowest BCUT2D eigenvalue weighted by molar-refractivity contribution is -0.384. The van der Waals surface area contributed by atoms with Gasteiger partial charge in [-0.2, -0.15) is 0 Å². The summed E-state index contributed by atoms with van der Waals surface area (Å²) >= 11 is 0. The molecular weight excluding hydrogens is 368 g/mol. The normalized spacial score (nSPS) is 13.3. The summed E-state index contributed by atoms with van der Waals surface area (Å²) in [5, 5.41) is 17.6. The Labute approximate surface area is 171 Å². The van der Waals surface area contributed by atoms with Gasteiger partial charge in [0, 0.05) is 30.8 Å². The Morgan fingerprint density at radius 1 is 1.14 bits per heavy atom. The molecule has 0 aromatic heterocycles. The number of carbonyl (C=O) groups is 1. The van der Waals surface area contributed by atoms with E-state index < -0.39 is 4.92 Å². The van der Waals surface area contributed by atoms with Gasteiger partial charge in [0.25, 0.3) is 11.6 Å². The van der Waals surface area contributed by atoms with Crippen molar-refractivity contribution in [1.29, 1.82) is 0 Å². The van der Waals surface area contributed by atoms with Crippen LogP contribution in [0.2, 0.25) is 0 Å². The third-order valence-electron chi connectivity index (χ3n) is 5.25. The molecule has 0 spiro atoms. The van der Waals surface area contributed by atoms with Crippen LogP contribution in [0, 0.1) is 10.1 Å². The van der Waals surface area contributed by atoms with Gasteiger partial charge in [-0.25, -0.2) is 0 Å². The van der Waals surface area contributed by atoms with Crippen molar-refractivity contribution in [2.45, 2.75) is 45.8 Å². The number of hydrogen-bond donors (Lipinski definition) is 2. The number of hydrogen-bond acceptors (Lipinski definition) is 5. The maximum absolute atomic E-state index is 12.2. The Morgan fingerprint density at radius 2 is 1.83 bits per heavy atom. The molecule has 29 heavy (non-hydrogen) atoms. The van der Waals surface area contributed by atoms with E-state index in [0.717, 1.165) is 38.0 Å². The first-order valence-electron chi connectivity index (χ1n) is 10.1. The second-order valence-corrected chi connectivity index (χ2v) is 7.32. The minimum absolute atomic E-state index is 0.0883. The summed E-state index contributed by atoms with van der Waals surface area (Å²) in [4.78, 5) is 25.6. The zero-order valence-electron chi connectivity index (χ0n) is 17.0. The molecule has 1 amide bonds. The van der Waals surface area contributed by atoms with Gasteiger partial charge in [0.05, 0.1) is 4.92 Å². The third-order valence-corrected chi connectivity index (χ3v) is 5.25. The van der Waals surface area contributed by atoms with Crippen molar-refractivity contribution in [3.8, 4) is 0 Å². The molecule has 2 aromatic carbocycles. The summed E-state index contributed by atoms with van der Waals surface area (Å²) in [6.45, 7) is 7.52. The standard InChI is InChI=1S/C22H28N4O3/c1-3-25(4-2)15-18-8-6-5-7-17(18)14-23-20-12-9-16(13-21(20)26(28)29)22(27)24-19-10-11-19/h5-9,12-13,19,23H,3-4,10-11,14-15H2,1-2H3,(H,24,27). The fraction of sp³-hybridized carbons (Fsp3) is 0.409. The molecule has 0 bridgehead atoms. The molecule has 1 aliphatic rings. The maximum Gasteiger partial charge on any atom is 0.293 e. The highest BCUT2D eigenvalue weighted by atomic mass is 16.6. The van der Waals surface area contributed by atoms with E-state index in [0.29, 0.717) is 17.8 Å². The largest absolute Gasteiger partial charge is 0.375 e. The molecule has 0 unspecified atom stereocenters. The molecule has 7 heteroatoms. The molecule has 0 radical (unpaired) electrons. The molecule has 0 heterocycles. The number of nitro benzene ring substituents is 1. The van der Waals surface area contributed by atoms with Crippen molar-refractivity contribution in [2.24, 2.45) is 0 Å². The lowest BCUT2D eigenvalue weighted by Gasteiger charge is -2.20. The fourth-order valence-corrected chi connectivity index (χ4v) is 3.23. The molecule has 0 aliphatic heterocycles. The second-order valence-electron chi connectivity index (χ2n) is 7.32. The van der Waals surface area contributed by atoms with Gasteiger partial charge in [-0.15, -0.1) is 0 Å². The molecule has 2 N–H and O–H groups in total. The first-order valence-corrected chi connectivity index (χ1v) is 10.1. The molecule has 0 atom stereocenters. The van der Waals surface area contributed by atoms with E-state index in [1.165, 1.54) is 11.6 Å². The highest BCUT2D eigenvalue weighted by Crippen LogP contribution is 2.27. The lowest BCUT2D eigenvalue weighted by atomic mass is 10.1. The number of nitrogens with one attached hydrogen (secondary N) is 2. The van der Waals surface area contributed by atoms with Crippen LogP contribution in [0.25, 0.3) is 0 Å². The molecule has 0 saturated heterocycles. The van der Waals surface area contributed by atoms with Crippen LogP contribution in [0.15, 0.2) is 42.5 Å². The monoisotopic (exact) mass is 396 g/mol. The number of rotatable bonds is 10. The Hall–Kier alpha value is -2.93. The van der Waals surface area contributed by atoms with Crippen LogP contribution in [-0.2, 0) is 13.1 Å². The van der Waals surface area contributed by atoms with Crippen LogP contribution in [0.4, 0.5) is 11.4 Å². The van der Waals surface area contributed by atoms with Crippen LogP contribution in [0.1, 0.15) is 48.2 Å². The predicted octanol–water partition coefficient (Wildman–Crippen LogP) is 3.94. The average molecular weight is 396 g/mol. The zero-order valence-corrected chi connectivity index (χ0v) is 17.0. The molecule has 1 aliphatic carbocycles. The van der Waals surface area contributed by atoms with E-state index in [9.17, 15) is 14.9 Å². The zero-order chi connectivity index (χ0) is 20.8. The van der Waals surface area contributed by atoms with Crippen molar-refractivity contribution in [2.75, 3.05) is 18.4 Å². The molecule has 7 nitrogen and oxygen atoms in total. The highest BCUT2D eigenvalue weighted by Gasteiger charge is 2.25. The van der Waals surface area contributed by atoms with E-state index >= 15 is 0 Å². The van der Waals surface area contributed by atoms with Crippen LogP contribution in [-0.4, -0.2) is 34.9 Å².